The Morgan fingerprint density at radius 2 is 1.75 bits per heavy atom. The molecule has 0 aromatic carbocycles. The van der Waals surface area contributed by atoms with Gasteiger partial charge in [-0.3, -0.25) is 9.59 Å². The van der Waals surface area contributed by atoms with Crippen molar-refractivity contribution >= 4 is 11.9 Å². The second kappa shape index (κ2) is 9.08. The number of aromatic nitrogens is 2. The zero-order valence-electron chi connectivity index (χ0n) is 11.4. The lowest BCUT2D eigenvalue weighted by Gasteiger charge is -2.21. The first-order valence-corrected chi connectivity index (χ1v) is 6.69. The second-order valence-corrected chi connectivity index (χ2v) is 4.64. The molecular weight excluding hydrogens is 262 g/mol. The minimum Gasteiger partial charge on any atom is -0.481 e. The van der Waals surface area contributed by atoms with Gasteiger partial charge in [-0.05, 0) is 25.9 Å². The van der Waals surface area contributed by atoms with E-state index in [2.05, 4.69) is 4.98 Å². The van der Waals surface area contributed by atoms with Crippen LogP contribution in [0.1, 0.15) is 25.7 Å². The smallest absolute Gasteiger partial charge is 0.304 e. The Morgan fingerprint density at radius 3 is 2.35 bits per heavy atom. The molecule has 7 heteroatoms. The summed E-state index contributed by atoms with van der Waals surface area (Å²) in [6.07, 6.45) is 6.96. The predicted molar refractivity (Wildman–Crippen MR) is 72.4 cm³/mol. The van der Waals surface area contributed by atoms with Crippen LogP contribution in [0.25, 0.3) is 0 Å². The van der Waals surface area contributed by atoms with Crippen LogP contribution in [-0.2, 0) is 16.1 Å². The fourth-order valence-electron chi connectivity index (χ4n) is 1.94. The number of aliphatic carboxylic acids is 2. The second-order valence-electron chi connectivity index (χ2n) is 4.64. The van der Waals surface area contributed by atoms with Crippen molar-refractivity contribution < 1.29 is 19.8 Å². The molecule has 0 spiro atoms. The van der Waals surface area contributed by atoms with Crippen LogP contribution >= 0.6 is 0 Å². The molecule has 0 aliphatic heterocycles. The number of carboxylic acid groups (broad SMARTS) is 2. The summed E-state index contributed by atoms with van der Waals surface area (Å²) in [5.74, 6) is -1.65. The summed E-state index contributed by atoms with van der Waals surface area (Å²) >= 11 is 0. The van der Waals surface area contributed by atoms with Crippen LogP contribution in [0.2, 0.25) is 0 Å². The molecule has 1 aromatic rings. The van der Waals surface area contributed by atoms with Crippen molar-refractivity contribution in [3.63, 3.8) is 0 Å². The van der Waals surface area contributed by atoms with E-state index in [1.807, 2.05) is 15.7 Å². The van der Waals surface area contributed by atoms with Crippen LogP contribution in [0.15, 0.2) is 18.7 Å². The van der Waals surface area contributed by atoms with E-state index in [-0.39, 0.29) is 12.8 Å². The van der Waals surface area contributed by atoms with Gasteiger partial charge in [-0.2, -0.15) is 0 Å². The van der Waals surface area contributed by atoms with Gasteiger partial charge in [-0.1, -0.05) is 0 Å². The van der Waals surface area contributed by atoms with Crippen molar-refractivity contribution in [2.24, 2.45) is 0 Å². The first kappa shape index (κ1) is 16.2. The molecule has 7 nitrogen and oxygen atoms in total. The summed E-state index contributed by atoms with van der Waals surface area (Å²) in [6.45, 7) is 2.65. The Bertz CT molecular complexity index is 406. The molecule has 0 saturated carbocycles. The lowest BCUT2D eigenvalue weighted by atomic mass is 10.2. The van der Waals surface area contributed by atoms with Crippen molar-refractivity contribution in [1.29, 1.82) is 0 Å². The Labute approximate surface area is 117 Å². The van der Waals surface area contributed by atoms with Crippen LogP contribution < -0.4 is 0 Å². The van der Waals surface area contributed by atoms with Crippen molar-refractivity contribution in [3.05, 3.63) is 18.7 Å². The molecule has 0 saturated heterocycles. The Balaban J connectivity index is 2.28. The maximum Gasteiger partial charge on any atom is 0.304 e. The van der Waals surface area contributed by atoms with Crippen molar-refractivity contribution in [2.45, 2.75) is 32.2 Å². The normalized spacial score (nSPS) is 10.8. The maximum absolute atomic E-state index is 10.6. The number of aryl methyl sites for hydroxylation is 1. The van der Waals surface area contributed by atoms with Gasteiger partial charge in [0.15, 0.2) is 0 Å². The van der Waals surface area contributed by atoms with Crippen LogP contribution in [0, 0.1) is 0 Å². The molecule has 0 unspecified atom stereocenters. The van der Waals surface area contributed by atoms with Crippen molar-refractivity contribution in [2.75, 3.05) is 19.6 Å². The van der Waals surface area contributed by atoms with Gasteiger partial charge in [0.25, 0.3) is 0 Å². The van der Waals surface area contributed by atoms with Crippen molar-refractivity contribution in [1.82, 2.24) is 14.5 Å². The van der Waals surface area contributed by atoms with Gasteiger partial charge in [0.2, 0.25) is 0 Å². The van der Waals surface area contributed by atoms with E-state index in [0.717, 1.165) is 19.5 Å². The lowest BCUT2D eigenvalue weighted by Crippen LogP contribution is -2.29. The Morgan fingerprint density at radius 1 is 1.05 bits per heavy atom. The summed E-state index contributed by atoms with van der Waals surface area (Å²) < 4.78 is 1.96. The number of imidazole rings is 1. The molecule has 1 aromatic heterocycles. The first-order valence-electron chi connectivity index (χ1n) is 6.69. The highest BCUT2D eigenvalue weighted by Gasteiger charge is 2.08. The van der Waals surface area contributed by atoms with Gasteiger partial charge in [0.1, 0.15) is 0 Å². The molecule has 0 amide bonds. The number of rotatable bonds is 11. The van der Waals surface area contributed by atoms with Gasteiger partial charge < -0.3 is 19.7 Å². The molecule has 0 fully saturated rings. The fourth-order valence-corrected chi connectivity index (χ4v) is 1.94. The lowest BCUT2D eigenvalue weighted by molar-refractivity contribution is -0.138. The van der Waals surface area contributed by atoms with Gasteiger partial charge in [0.05, 0.1) is 12.7 Å². The maximum atomic E-state index is 10.6. The van der Waals surface area contributed by atoms with Gasteiger partial charge in [-0.15, -0.1) is 0 Å². The Kier molecular flexibility index (Phi) is 7.34. The third-order valence-electron chi connectivity index (χ3n) is 2.96. The average Bonchev–Trinajstić information content (AvgIpc) is 2.87. The molecule has 112 valence electrons. The van der Waals surface area contributed by atoms with Gasteiger partial charge in [-0.25, -0.2) is 4.98 Å². The third kappa shape index (κ3) is 7.52. The quantitative estimate of drug-likeness (QED) is 0.627. The summed E-state index contributed by atoms with van der Waals surface area (Å²) in [4.78, 5) is 27.1. The van der Waals surface area contributed by atoms with E-state index in [9.17, 15) is 9.59 Å². The zero-order valence-corrected chi connectivity index (χ0v) is 11.4. The molecular formula is C13H21N3O4. The summed E-state index contributed by atoms with van der Waals surface area (Å²) in [6, 6.07) is 0. The summed E-state index contributed by atoms with van der Waals surface area (Å²) in [5.41, 5.74) is 0. The minimum absolute atomic E-state index is 0.0815. The molecule has 0 bridgehead atoms. The number of carbonyl (C=O) groups is 2. The van der Waals surface area contributed by atoms with Crippen LogP contribution in [0.5, 0.6) is 0 Å². The Hall–Kier alpha value is -1.89. The molecule has 0 radical (unpaired) electrons. The van der Waals surface area contributed by atoms with E-state index >= 15 is 0 Å². The SMILES string of the molecule is O=C(O)CCCN(CCCn1ccnc1)CCC(=O)O. The highest BCUT2D eigenvalue weighted by atomic mass is 16.4. The highest BCUT2D eigenvalue weighted by molar-refractivity contribution is 5.67. The molecule has 0 aliphatic rings. The fraction of sp³-hybridized carbons (Fsp3) is 0.615. The average molecular weight is 283 g/mol. The minimum atomic E-state index is -0.831. The summed E-state index contributed by atoms with van der Waals surface area (Å²) in [5, 5.41) is 17.3. The molecule has 2 N–H and O–H groups in total. The van der Waals surface area contributed by atoms with Gasteiger partial charge >= 0.3 is 11.9 Å². The predicted octanol–water partition coefficient (Wildman–Crippen LogP) is 0.915. The molecule has 1 heterocycles. The van der Waals surface area contributed by atoms with E-state index in [0.29, 0.717) is 19.5 Å². The largest absolute Gasteiger partial charge is 0.481 e. The molecule has 0 aliphatic carbocycles. The van der Waals surface area contributed by atoms with Crippen molar-refractivity contribution in [3.8, 4) is 0 Å². The topological polar surface area (TPSA) is 95.7 Å². The first-order chi connectivity index (χ1) is 9.58. The van der Waals surface area contributed by atoms with E-state index in [1.54, 1.807) is 12.5 Å². The number of nitrogens with zero attached hydrogens (tertiary/aromatic N) is 3. The number of hydrogen-bond donors (Lipinski definition) is 2. The van der Waals surface area contributed by atoms with E-state index < -0.39 is 11.9 Å². The van der Waals surface area contributed by atoms with E-state index in [4.69, 9.17) is 10.2 Å². The monoisotopic (exact) mass is 283 g/mol. The van der Waals surface area contributed by atoms with Crippen LogP contribution in [0.4, 0.5) is 0 Å². The molecule has 0 atom stereocenters. The highest BCUT2D eigenvalue weighted by Crippen LogP contribution is 2.01. The third-order valence-corrected chi connectivity index (χ3v) is 2.96. The van der Waals surface area contributed by atoms with Crippen LogP contribution in [0.3, 0.4) is 0 Å². The number of carboxylic acids is 2. The van der Waals surface area contributed by atoms with Crippen LogP contribution in [-0.4, -0.2) is 56.2 Å². The zero-order chi connectivity index (χ0) is 14.8. The van der Waals surface area contributed by atoms with E-state index in [1.165, 1.54) is 0 Å². The number of hydrogen-bond acceptors (Lipinski definition) is 4. The van der Waals surface area contributed by atoms with Gasteiger partial charge in [0, 0.05) is 31.9 Å². The molecule has 1 rings (SSSR count). The molecule has 20 heavy (non-hydrogen) atoms. The standard InChI is InChI=1S/C13H21N3O4/c17-12(18)3-1-6-15(9-4-13(19)20)7-2-8-16-10-5-14-11-16/h5,10-11H,1-4,6-9H2,(H,17,18)(H,19,20). The summed E-state index contributed by atoms with van der Waals surface area (Å²) in [7, 11) is 0.